The first-order chi connectivity index (χ1) is 14.6. The average molecular weight is 408 g/mol. The summed E-state index contributed by atoms with van der Waals surface area (Å²) < 4.78 is 16.3. The Morgan fingerprint density at radius 1 is 1.13 bits per heavy atom. The zero-order valence-electron chi connectivity index (χ0n) is 17.6. The molecule has 5 rings (SSSR count). The van der Waals surface area contributed by atoms with Gasteiger partial charge in [0.05, 0.1) is 7.11 Å². The number of benzene rings is 2. The molecular weight excluding hydrogens is 380 g/mol. The molecule has 158 valence electrons. The van der Waals surface area contributed by atoms with Crippen LogP contribution >= 0.6 is 0 Å². The van der Waals surface area contributed by atoms with Crippen molar-refractivity contribution in [3.05, 3.63) is 53.1 Å². The number of amides is 1. The number of likely N-dealkylation sites (tertiary alicyclic amines) is 2. The number of hydrogen-bond acceptors (Lipinski definition) is 5. The van der Waals surface area contributed by atoms with Gasteiger partial charge in [-0.05, 0) is 79.8 Å². The molecule has 1 amide bonds. The standard InChI is InChI=1S/C24H28N2O4/c1-16-10-22-23(30-15-29-22)11-19(16)13-25-9-3-4-18-12-26(14-21(18)25)24(27)17-5-7-20(28-2)8-6-17/h5-8,10-11,18,21H,3-4,9,12-15H2,1-2H3/t18-,21+/m1/s1. The molecule has 2 aromatic carbocycles. The Morgan fingerprint density at radius 2 is 1.90 bits per heavy atom. The number of fused-ring (bicyclic) bond motifs is 2. The Kier molecular flexibility index (Phi) is 5.03. The highest BCUT2D eigenvalue weighted by molar-refractivity contribution is 5.94. The Bertz CT molecular complexity index is 943. The summed E-state index contributed by atoms with van der Waals surface area (Å²) in [6.45, 7) is 6.01. The maximum absolute atomic E-state index is 13.1. The van der Waals surface area contributed by atoms with Crippen molar-refractivity contribution in [2.24, 2.45) is 5.92 Å². The number of hydrogen-bond donors (Lipinski definition) is 0. The molecule has 3 heterocycles. The van der Waals surface area contributed by atoms with Gasteiger partial charge in [-0.3, -0.25) is 9.69 Å². The number of aryl methyl sites for hydroxylation is 1. The van der Waals surface area contributed by atoms with E-state index in [2.05, 4.69) is 24.0 Å². The monoisotopic (exact) mass is 408 g/mol. The summed E-state index contributed by atoms with van der Waals surface area (Å²) in [5, 5.41) is 0. The smallest absolute Gasteiger partial charge is 0.253 e. The predicted molar refractivity (Wildman–Crippen MR) is 113 cm³/mol. The third-order valence-corrected chi connectivity index (χ3v) is 6.72. The number of piperidine rings is 1. The van der Waals surface area contributed by atoms with Crippen LogP contribution in [0.3, 0.4) is 0 Å². The average Bonchev–Trinajstić information content (AvgIpc) is 3.40. The second kappa shape index (κ2) is 7.84. The van der Waals surface area contributed by atoms with Gasteiger partial charge in [-0.15, -0.1) is 0 Å². The lowest BCUT2D eigenvalue weighted by Crippen LogP contribution is -2.44. The number of carbonyl (C=O) groups is 1. The molecule has 0 spiro atoms. The summed E-state index contributed by atoms with van der Waals surface area (Å²) in [4.78, 5) is 17.7. The van der Waals surface area contributed by atoms with Gasteiger partial charge in [0.1, 0.15) is 5.75 Å². The number of methoxy groups -OCH3 is 1. The van der Waals surface area contributed by atoms with Gasteiger partial charge in [0.25, 0.3) is 5.91 Å². The van der Waals surface area contributed by atoms with Crippen molar-refractivity contribution in [2.75, 3.05) is 33.5 Å². The SMILES string of the molecule is COc1ccc(C(=O)N2C[C@H]3CCCN(Cc4cc5c(cc4C)OCO5)[C@H]3C2)cc1. The first kappa shape index (κ1) is 19.2. The molecule has 0 radical (unpaired) electrons. The van der Waals surface area contributed by atoms with Gasteiger partial charge in [0.2, 0.25) is 6.79 Å². The second-order valence-corrected chi connectivity index (χ2v) is 8.51. The van der Waals surface area contributed by atoms with Crippen LogP contribution in [0, 0.1) is 12.8 Å². The molecule has 0 aromatic heterocycles. The van der Waals surface area contributed by atoms with E-state index in [0.29, 0.717) is 18.8 Å². The predicted octanol–water partition coefficient (Wildman–Crippen LogP) is 3.47. The molecule has 0 saturated carbocycles. The van der Waals surface area contributed by atoms with Crippen LogP contribution in [0.25, 0.3) is 0 Å². The van der Waals surface area contributed by atoms with Crippen LogP contribution in [0.4, 0.5) is 0 Å². The topological polar surface area (TPSA) is 51.2 Å². The molecule has 0 bridgehead atoms. The summed E-state index contributed by atoms with van der Waals surface area (Å²) in [6.07, 6.45) is 2.36. The third-order valence-electron chi connectivity index (χ3n) is 6.72. The maximum atomic E-state index is 13.1. The fraction of sp³-hybridized carbons (Fsp3) is 0.458. The minimum Gasteiger partial charge on any atom is -0.497 e. The molecule has 6 heteroatoms. The largest absolute Gasteiger partial charge is 0.497 e. The minimum absolute atomic E-state index is 0.117. The van der Waals surface area contributed by atoms with E-state index in [0.717, 1.165) is 49.0 Å². The lowest BCUT2D eigenvalue weighted by Gasteiger charge is -2.37. The number of nitrogens with zero attached hydrogens (tertiary/aromatic N) is 2. The second-order valence-electron chi connectivity index (χ2n) is 8.51. The normalized spacial score (nSPS) is 22.8. The van der Waals surface area contributed by atoms with Crippen molar-refractivity contribution in [2.45, 2.75) is 32.4 Å². The minimum atomic E-state index is 0.117. The Balaban J connectivity index is 1.30. The lowest BCUT2D eigenvalue weighted by molar-refractivity contribution is 0.0774. The van der Waals surface area contributed by atoms with E-state index in [4.69, 9.17) is 14.2 Å². The van der Waals surface area contributed by atoms with E-state index >= 15 is 0 Å². The molecule has 0 aliphatic carbocycles. The van der Waals surface area contributed by atoms with Gasteiger partial charge >= 0.3 is 0 Å². The Hall–Kier alpha value is -2.73. The number of rotatable bonds is 4. The van der Waals surface area contributed by atoms with E-state index in [-0.39, 0.29) is 5.91 Å². The van der Waals surface area contributed by atoms with Gasteiger partial charge < -0.3 is 19.1 Å². The van der Waals surface area contributed by atoms with Crippen molar-refractivity contribution in [3.63, 3.8) is 0 Å². The molecule has 0 N–H and O–H groups in total. The fourth-order valence-electron chi connectivity index (χ4n) is 5.03. The van der Waals surface area contributed by atoms with Crippen molar-refractivity contribution < 1.29 is 19.0 Å². The highest BCUT2D eigenvalue weighted by Gasteiger charge is 2.41. The van der Waals surface area contributed by atoms with Gasteiger partial charge in [0.15, 0.2) is 11.5 Å². The van der Waals surface area contributed by atoms with E-state index in [9.17, 15) is 4.79 Å². The van der Waals surface area contributed by atoms with Gasteiger partial charge in [-0.25, -0.2) is 0 Å². The van der Waals surface area contributed by atoms with Gasteiger partial charge in [-0.1, -0.05) is 0 Å². The van der Waals surface area contributed by atoms with Crippen LogP contribution in [0.15, 0.2) is 36.4 Å². The number of ether oxygens (including phenoxy) is 3. The maximum Gasteiger partial charge on any atom is 0.253 e. The zero-order valence-corrected chi connectivity index (χ0v) is 17.6. The summed E-state index contributed by atoms with van der Waals surface area (Å²) in [6, 6.07) is 12.0. The van der Waals surface area contributed by atoms with Crippen LogP contribution in [0.5, 0.6) is 17.2 Å². The summed E-state index contributed by atoms with van der Waals surface area (Å²) in [5.74, 6) is 3.10. The van der Waals surface area contributed by atoms with Crippen LogP contribution in [0.1, 0.15) is 34.3 Å². The molecule has 2 aromatic rings. The molecule has 2 fully saturated rings. The van der Waals surface area contributed by atoms with Crippen molar-refractivity contribution in [3.8, 4) is 17.2 Å². The molecule has 6 nitrogen and oxygen atoms in total. The molecular formula is C24H28N2O4. The highest BCUT2D eigenvalue weighted by Crippen LogP contribution is 2.37. The summed E-state index contributed by atoms with van der Waals surface area (Å²) in [7, 11) is 1.64. The van der Waals surface area contributed by atoms with Crippen LogP contribution in [0.2, 0.25) is 0 Å². The Morgan fingerprint density at radius 3 is 2.67 bits per heavy atom. The van der Waals surface area contributed by atoms with Crippen LogP contribution in [-0.4, -0.2) is 55.3 Å². The van der Waals surface area contributed by atoms with Crippen molar-refractivity contribution >= 4 is 5.91 Å². The van der Waals surface area contributed by atoms with Crippen molar-refractivity contribution in [1.82, 2.24) is 9.80 Å². The van der Waals surface area contributed by atoms with E-state index < -0.39 is 0 Å². The summed E-state index contributed by atoms with van der Waals surface area (Å²) >= 11 is 0. The Labute approximate surface area is 177 Å². The zero-order chi connectivity index (χ0) is 20.7. The van der Waals surface area contributed by atoms with E-state index in [1.807, 2.05) is 29.2 Å². The molecule has 0 unspecified atom stereocenters. The first-order valence-electron chi connectivity index (χ1n) is 10.7. The number of carbonyl (C=O) groups excluding carboxylic acids is 1. The third kappa shape index (κ3) is 3.49. The van der Waals surface area contributed by atoms with Gasteiger partial charge in [-0.2, -0.15) is 0 Å². The van der Waals surface area contributed by atoms with E-state index in [1.165, 1.54) is 24.0 Å². The molecule has 30 heavy (non-hydrogen) atoms. The first-order valence-corrected chi connectivity index (χ1v) is 10.7. The quantitative estimate of drug-likeness (QED) is 0.775. The van der Waals surface area contributed by atoms with Crippen LogP contribution < -0.4 is 14.2 Å². The molecule has 3 aliphatic heterocycles. The van der Waals surface area contributed by atoms with Gasteiger partial charge in [0, 0.05) is 31.2 Å². The molecule has 3 aliphatic rings. The summed E-state index contributed by atoms with van der Waals surface area (Å²) in [5.41, 5.74) is 3.23. The molecule has 2 saturated heterocycles. The fourth-order valence-corrected chi connectivity index (χ4v) is 5.03. The lowest BCUT2D eigenvalue weighted by atomic mass is 9.91. The highest BCUT2D eigenvalue weighted by atomic mass is 16.7. The van der Waals surface area contributed by atoms with E-state index in [1.54, 1.807) is 7.11 Å². The van der Waals surface area contributed by atoms with Crippen molar-refractivity contribution in [1.29, 1.82) is 0 Å². The van der Waals surface area contributed by atoms with Crippen LogP contribution in [-0.2, 0) is 6.54 Å². The molecule has 2 atom stereocenters.